The van der Waals surface area contributed by atoms with Crippen molar-refractivity contribution in [1.82, 2.24) is 15.1 Å². The summed E-state index contributed by atoms with van der Waals surface area (Å²) in [4.78, 5) is 23.8. The topological polar surface area (TPSA) is 93.5 Å². The van der Waals surface area contributed by atoms with E-state index in [9.17, 15) is 14.7 Å². The van der Waals surface area contributed by atoms with E-state index in [0.29, 0.717) is 11.3 Å². The molecule has 22 heavy (non-hydrogen) atoms. The number of esters is 1. The number of methoxy groups -OCH3 is 1. The predicted molar refractivity (Wildman–Crippen MR) is 78.5 cm³/mol. The van der Waals surface area contributed by atoms with Crippen molar-refractivity contribution in [2.24, 2.45) is 0 Å². The standard InChI is InChI=1S/C15H17N3O4/c1-10(19)13(15(21)22-2)17-14(20)11-5-3-6-12(9-11)18-8-4-7-16-18/h3-10,13,19H,1-2H3,(H,17,20)/t10-,13+/m0/s1. The lowest BCUT2D eigenvalue weighted by Crippen LogP contribution is -2.48. The van der Waals surface area contributed by atoms with Crippen LogP contribution in [0.3, 0.4) is 0 Å². The highest BCUT2D eigenvalue weighted by Gasteiger charge is 2.26. The van der Waals surface area contributed by atoms with Crippen LogP contribution in [-0.4, -0.2) is 46.0 Å². The minimum absolute atomic E-state index is 0.350. The Kier molecular flexibility index (Phi) is 4.90. The minimum atomic E-state index is -1.12. The van der Waals surface area contributed by atoms with E-state index in [2.05, 4.69) is 15.2 Å². The third-order valence-corrected chi connectivity index (χ3v) is 3.10. The summed E-state index contributed by atoms with van der Waals surface area (Å²) >= 11 is 0. The van der Waals surface area contributed by atoms with E-state index in [1.54, 1.807) is 47.4 Å². The number of benzene rings is 1. The molecule has 7 heteroatoms. The summed E-state index contributed by atoms with van der Waals surface area (Å²) in [7, 11) is 1.20. The van der Waals surface area contributed by atoms with Crippen LogP contribution in [0.4, 0.5) is 0 Å². The molecule has 1 amide bonds. The van der Waals surface area contributed by atoms with Crippen LogP contribution < -0.4 is 5.32 Å². The van der Waals surface area contributed by atoms with Crippen LogP contribution in [0.25, 0.3) is 5.69 Å². The first-order chi connectivity index (χ1) is 10.5. The molecule has 1 heterocycles. The minimum Gasteiger partial charge on any atom is -0.467 e. The molecule has 0 fully saturated rings. The highest BCUT2D eigenvalue weighted by Crippen LogP contribution is 2.10. The summed E-state index contributed by atoms with van der Waals surface area (Å²) in [5.41, 5.74) is 1.06. The van der Waals surface area contributed by atoms with E-state index < -0.39 is 24.0 Å². The van der Waals surface area contributed by atoms with Crippen molar-refractivity contribution in [3.8, 4) is 5.69 Å². The van der Waals surface area contributed by atoms with Crippen molar-refractivity contribution in [3.63, 3.8) is 0 Å². The van der Waals surface area contributed by atoms with Gasteiger partial charge in [0.15, 0.2) is 6.04 Å². The maximum atomic E-state index is 12.2. The summed E-state index contributed by atoms with van der Waals surface area (Å²) in [6, 6.07) is 7.41. The fourth-order valence-electron chi connectivity index (χ4n) is 1.94. The molecule has 0 saturated carbocycles. The predicted octanol–water partition coefficient (Wildman–Crippen LogP) is 0.524. The van der Waals surface area contributed by atoms with Gasteiger partial charge < -0.3 is 15.2 Å². The number of nitrogens with one attached hydrogen (secondary N) is 1. The van der Waals surface area contributed by atoms with Gasteiger partial charge in [-0.15, -0.1) is 0 Å². The quantitative estimate of drug-likeness (QED) is 0.786. The third kappa shape index (κ3) is 3.50. The van der Waals surface area contributed by atoms with Crippen LogP contribution >= 0.6 is 0 Å². The Bertz CT molecular complexity index is 653. The van der Waals surface area contributed by atoms with Crippen molar-refractivity contribution >= 4 is 11.9 Å². The summed E-state index contributed by atoms with van der Waals surface area (Å²) in [6.45, 7) is 1.40. The fraction of sp³-hybridized carbons (Fsp3) is 0.267. The van der Waals surface area contributed by atoms with E-state index in [4.69, 9.17) is 0 Å². The zero-order chi connectivity index (χ0) is 16.1. The van der Waals surface area contributed by atoms with Crippen molar-refractivity contribution in [2.75, 3.05) is 7.11 Å². The summed E-state index contributed by atoms with van der Waals surface area (Å²) < 4.78 is 6.18. The van der Waals surface area contributed by atoms with Crippen LogP contribution in [-0.2, 0) is 9.53 Å². The Morgan fingerprint density at radius 2 is 2.14 bits per heavy atom. The smallest absolute Gasteiger partial charge is 0.331 e. The Morgan fingerprint density at radius 3 is 2.73 bits per heavy atom. The maximum Gasteiger partial charge on any atom is 0.331 e. The van der Waals surface area contributed by atoms with Gasteiger partial charge in [0.25, 0.3) is 5.91 Å². The summed E-state index contributed by atoms with van der Waals surface area (Å²) in [5.74, 6) is -1.18. The molecule has 0 spiro atoms. The summed E-state index contributed by atoms with van der Waals surface area (Å²) in [6.07, 6.45) is 2.32. The van der Waals surface area contributed by atoms with Gasteiger partial charge in [0.1, 0.15) is 0 Å². The molecule has 0 aliphatic rings. The van der Waals surface area contributed by atoms with Gasteiger partial charge in [0.05, 0.1) is 18.9 Å². The lowest BCUT2D eigenvalue weighted by molar-refractivity contribution is -0.145. The number of amides is 1. The van der Waals surface area contributed by atoms with Crippen LogP contribution in [0.5, 0.6) is 0 Å². The van der Waals surface area contributed by atoms with Gasteiger partial charge in [0, 0.05) is 18.0 Å². The lowest BCUT2D eigenvalue weighted by atomic mass is 10.1. The molecule has 0 aliphatic heterocycles. The molecule has 2 aromatic rings. The molecule has 0 saturated heterocycles. The number of hydrogen-bond acceptors (Lipinski definition) is 5. The van der Waals surface area contributed by atoms with E-state index in [0.717, 1.165) is 0 Å². The van der Waals surface area contributed by atoms with Crippen LogP contribution in [0.15, 0.2) is 42.7 Å². The fourth-order valence-corrected chi connectivity index (χ4v) is 1.94. The van der Waals surface area contributed by atoms with Gasteiger partial charge in [-0.05, 0) is 31.2 Å². The van der Waals surface area contributed by atoms with Crippen LogP contribution in [0.2, 0.25) is 0 Å². The Hall–Kier alpha value is -2.67. The Labute approximate surface area is 127 Å². The molecule has 7 nitrogen and oxygen atoms in total. The van der Waals surface area contributed by atoms with Gasteiger partial charge in [-0.1, -0.05) is 6.07 Å². The number of aliphatic hydroxyl groups is 1. The van der Waals surface area contributed by atoms with Crippen molar-refractivity contribution in [1.29, 1.82) is 0 Å². The first kappa shape index (κ1) is 15.7. The van der Waals surface area contributed by atoms with Crippen molar-refractivity contribution in [2.45, 2.75) is 19.1 Å². The van der Waals surface area contributed by atoms with E-state index in [1.165, 1.54) is 14.0 Å². The monoisotopic (exact) mass is 303 g/mol. The molecule has 2 N–H and O–H groups in total. The zero-order valence-corrected chi connectivity index (χ0v) is 12.3. The number of hydrogen-bond donors (Lipinski definition) is 2. The molecule has 116 valence electrons. The first-order valence-corrected chi connectivity index (χ1v) is 6.69. The average Bonchev–Trinajstić information content (AvgIpc) is 3.06. The number of ether oxygens (including phenoxy) is 1. The second kappa shape index (κ2) is 6.86. The highest BCUT2D eigenvalue weighted by molar-refractivity contribution is 5.97. The van der Waals surface area contributed by atoms with Gasteiger partial charge in [-0.2, -0.15) is 5.10 Å². The number of aliphatic hydroxyl groups excluding tert-OH is 1. The van der Waals surface area contributed by atoms with Crippen molar-refractivity contribution < 1.29 is 19.4 Å². The molecule has 2 atom stereocenters. The second-order valence-electron chi connectivity index (χ2n) is 4.72. The van der Waals surface area contributed by atoms with E-state index in [1.807, 2.05) is 0 Å². The van der Waals surface area contributed by atoms with Gasteiger partial charge >= 0.3 is 5.97 Å². The molecule has 0 bridgehead atoms. The van der Waals surface area contributed by atoms with Gasteiger partial charge in [-0.3, -0.25) is 4.79 Å². The van der Waals surface area contributed by atoms with Gasteiger partial charge in [-0.25, -0.2) is 9.48 Å². The largest absolute Gasteiger partial charge is 0.467 e. The number of nitrogens with zero attached hydrogens (tertiary/aromatic N) is 2. The second-order valence-corrected chi connectivity index (χ2v) is 4.72. The molecule has 0 radical (unpaired) electrons. The number of carbonyl (C=O) groups is 2. The van der Waals surface area contributed by atoms with E-state index >= 15 is 0 Å². The number of aromatic nitrogens is 2. The zero-order valence-electron chi connectivity index (χ0n) is 12.3. The average molecular weight is 303 g/mol. The molecule has 1 aromatic heterocycles. The van der Waals surface area contributed by atoms with Crippen LogP contribution in [0, 0.1) is 0 Å². The highest BCUT2D eigenvalue weighted by atomic mass is 16.5. The Morgan fingerprint density at radius 1 is 1.36 bits per heavy atom. The molecule has 0 aliphatic carbocycles. The Balaban J connectivity index is 2.19. The SMILES string of the molecule is COC(=O)[C@H](NC(=O)c1cccc(-n2cccn2)c1)[C@H](C)O. The summed E-state index contributed by atoms with van der Waals surface area (Å²) in [5, 5.41) is 16.1. The first-order valence-electron chi connectivity index (χ1n) is 6.69. The molecule has 1 aromatic carbocycles. The molecule has 2 rings (SSSR count). The number of carbonyl (C=O) groups excluding carboxylic acids is 2. The van der Waals surface area contributed by atoms with Crippen molar-refractivity contribution in [3.05, 3.63) is 48.3 Å². The van der Waals surface area contributed by atoms with Gasteiger partial charge in [0.2, 0.25) is 0 Å². The third-order valence-electron chi connectivity index (χ3n) is 3.10. The van der Waals surface area contributed by atoms with E-state index in [-0.39, 0.29) is 0 Å². The lowest BCUT2D eigenvalue weighted by Gasteiger charge is -2.19. The van der Waals surface area contributed by atoms with Crippen LogP contribution in [0.1, 0.15) is 17.3 Å². The molecular weight excluding hydrogens is 286 g/mol. The normalized spacial score (nSPS) is 13.2. The number of rotatable bonds is 5. The maximum absolute atomic E-state index is 12.2. The molecule has 0 unspecified atom stereocenters. The molecular formula is C15H17N3O4.